The van der Waals surface area contributed by atoms with Crippen molar-refractivity contribution in [1.29, 1.82) is 0 Å². The molecule has 3 aromatic rings. The van der Waals surface area contributed by atoms with E-state index in [2.05, 4.69) is 34.1 Å². The van der Waals surface area contributed by atoms with E-state index in [0.29, 0.717) is 6.42 Å². The Labute approximate surface area is 147 Å². The van der Waals surface area contributed by atoms with Gasteiger partial charge >= 0.3 is 0 Å². The van der Waals surface area contributed by atoms with E-state index >= 15 is 0 Å². The van der Waals surface area contributed by atoms with Gasteiger partial charge in [-0.2, -0.15) is 0 Å². The summed E-state index contributed by atoms with van der Waals surface area (Å²) in [5.41, 5.74) is 1.11. The Morgan fingerprint density at radius 1 is 1.04 bits per heavy atom. The maximum Gasteiger partial charge on any atom is 0.227 e. The fourth-order valence-corrected chi connectivity index (χ4v) is 3.54. The molecule has 1 aliphatic heterocycles. The Balaban J connectivity index is 1.43. The summed E-state index contributed by atoms with van der Waals surface area (Å²) in [7, 11) is 2.00. The summed E-state index contributed by atoms with van der Waals surface area (Å²) in [4.78, 5) is 21.4. The lowest BCUT2D eigenvalue weighted by molar-refractivity contribution is -0.130. The molecule has 0 aliphatic carbocycles. The fourth-order valence-electron chi connectivity index (χ4n) is 3.54. The zero-order valence-corrected chi connectivity index (χ0v) is 14.4. The highest BCUT2D eigenvalue weighted by molar-refractivity contribution is 5.90. The van der Waals surface area contributed by atoms with E-state index in [-0.39, 0.29) is 5.91 Å². The summed E-state index contributed by atoms with van der Waals surface area (Å²) in [6.45, 7) is 3.14. The number of aryl methyl sites for hydroxylation is 1. The monoisotopic (exact) mass is 334 g/mol. The molecule has 5 nitrogen and oxygen atoms in total. The number of carbonyl (C=O) groups is 1. The third kappa shape index (κ3) is 3.09. The zero-order chi connectivity index (χ0) is 17.2. The van der Waals surface area contributed by atoms with Gasteiger partial charge in [0.25, 0.3) is 0 Å². The molecule has 25 heavy (non-hydrogen) atoms. The molecule has 0 radical (unpaired) electrons. The van der Waals surface area contributed by atoms with Gasteiger partial charge in [0.05, 0.1) is 6.42 Å². The van der Waals surface area contributed by atoms with Gasteiger partial charge in [0, 0.05) is 45.6 Å². The van der Waals surface area contributed by atoms with Crippen LogP contribution in [0.1, 0.15) is 5.56 Å². The highest BCUT2D eigenvalue weighted by Gasteiger charge is 2.23. The van der Waals surface area contributed by atoms with Crippen LogP contribution in [0.3, 0.4) is 0 Å². The molecule has 0 saturated carbocycles. The predicted molar refractivity (Wildman–Crippen MR) is 99.7 cm³/mol. The maximum absolute atomic E-state index is 12.8. The van der Waals surface area contributed by atoms with Crippen molar-refractivity contribution in [2.75, 3.05) is 31.1 Å². The van der Waals surface area contributed by atoms with Crippen LogP contribution in [-0.2, 0) is 18.3 Å². The lowest BCUT2D eigenvalue weighted by Crippen LogP contribution is -2.49. The van der Waals surface area contributed by atoms with Crippen LogP contribution >= 0.6 is 0 Å². The summed E-state index contributed by atoms with van der Waals surface area (Å²) in [6.07, 6.45) is 4.23. The molecule has 1 aliphatic rings. The largest absolute Gasteiger partial charge is 0.339 e. The zero-order valence-electron chi connectivity index (χ0n) is 14.4. The number of benzene rings is 2. The number of anilines is 1. The van der Waals surface area contributed by atoms with Gasteiger partial charge in [-0.1, -0.05) is 42.5 Å². The summed E-state index contributed by atoms with van der Waals surface area (Å²) in [5, 5.41) is 2.36. The average Bonchev–Trinajstić information content (AvgIpc) is 3.08. The minimum Gasteiger partial charge on any atom is -0.339 e. The van der Waals surface area contributed by atoms with E-state index < -0.39 is 0 Å². The quantitative estimate of drug-likeness (QED) is 0.739. The normalized spacial score (nSPS) is 14.9. The van der Waals surface area contributed by atoms with Crippen molar-refractivity contribution in [2.24, 2.45) is 7.05 Å². The van der Waals surface area contributed by atoms with E-state index in [1.165, 1.54) is 10.8 Å². The molecule has 5 heteroatoms. The Bertz CT molecular complexity index is 888. The standard InChI is InChI=1S/C20H22N4O/c1-22-10-9-21-20(22)24-13-11-23(12-14-24)19(25)15-17-7-4-6-16-5-2-3-8-18(16)17/h2-10H,11-15H2,1H3. The number of amides is 1. The van der Waals surface area contributed by atoms with Gasteiger partial charge in [-0.25, -0.2) is 4.98 Å². The Kier molecular flexibility index (Phi) is 4.14. The first-order valence-corrected chi connectivity index (χ1v) is 8.69. The first-order chi connectivity index (χ1) is 12.2. The molecule has 1 amide bonds. The van der Waals surface area contributed by atoms with Gasteiger partial charge < -0.3 is 14.4 Å². The van der Waals surface area contributed by atoms with Gasteiger partial charge in [0.1, 0.15) is 0 Å². The van der Waals surface area contributed by atoms with Crippen LogP contribution in [-0.4, -0.2) is 46.5 Å². The highest BCUT2D eigenvalue weighted by atomic mass is 16.2. The van der Waals surface area contributed by atoms with E-state index in [9.17, 15) is 4.79 Å². The molecule has 0 unspecified atom stereocenters. The number of hydrogen-bond acceptors (Lipinski definition) is 3. The minimum atomic E-state index is 0.204. The first-order valence-electron chi connectivity index (χ1n) is 8.69. The van der Waals surface area contributed by atoms with Gasteiger partial charge in [-0.15, -0.1) is 0 Å². The lowest BCUT2D eigenvalue weighted by atomic mass is 10.0. The van der Waals surface area contributed by atoms with Gasteiger partial charge in [-0.05, 0) is 16.3 Å². The van der Waals surface area contributed by atoms with Crippen molar-refractivity contribution in [3.63, 3.8) is 0 Å². The summed E-state index contributed by atoms with van der Waals surface area (Å²) in [5.74, 6) is 1.18. The molecule has 0 spiro atoms. The summed E-state index contributed by atoms with van der Waals surface area (Å²) >= 11 is 0. The van der Waals surface area contributed by atoms with Gasteiger partial charge in [0.2, 0.25) is 11.9 Å². The molecule has 1 aromatic heterocycles. The van der Waals surface area contributed by atoms with E-state index in [1.54, 1.807) is 0 Å². The van der Waals surface area contributed by atoms with Crippen LogP contribution in [0.15, 0.2) is 54.9 Å². The number of nitrogens with zero attached hydrogens (tertiary/aromatic N) is 4. The van der Waals surface area contributed by atoms with Crippen LogP contribution in [0, 0.1) is 0 Å². The molecular formula is C20H22N4O. The Morgan fingerprint density at radius 3 is 2.56 bits per heavy atom. The number of rotatable bonds is 3. The Hall–Kier alpha value is -2.82. The summed E-state index contributed by atoms with van der Waals surface area (Å²) in [6, 6.07) is 14.4. The van der Waals surface area contributed by atoms with Crippen molar-refractivity contribution in [2.45, 2.75) is 6.42 Å². The summed E-state index contributed by atoms with van der Waals surface area (Å²) < 4.78 is 2.02. The van der Waals surface area contributed by atoms with Crippen LogP contribution < -0.4 is 4.90 Å². The average molecular weight is 334 g/mol. The van der Waals surface area contributed by atoms with Gasteiger partial charge in [-0.3, -0.25) is 4.79 Å². The van der Waals surface area contributed by atoms with Crippen LogP contribution in [0.5, 0.6) is 0 Å². The molecular weight excluding hydrogens is 312 g/mol. The smallest absolute Gasteiger partial charge is 0.227 e. The predicted octanol–water partition coefficient (Wildman–Crippen LogP) is 2.46. The second kappa shape index (κ2) is 6.59. The number of piperazine rings is 1. The first kappa shape index (κ1) is 15.7. The lowest BCUT2D eigenvalue weighted by Gasteiger charge is -2.35. The van der Waals surface area contributed by atoms with Crippen LogP contribution in [0.25, 0.3) is 10.8 Å². The molecule has 2 heterocycles. The molecule has 1 fully saturated rings. The van der Waals surface area contributed by atoms with Crippen LogP contribution in [0.4, 0.5) is 5.95 Å². The SMILES string of the molecule is Cn1ccnc1N1CCN(C(=O)Cc2cccc3ccccc23)CC1. The number of fused-ring (bicyclic) bond motifs is 1. The van der Waals surface area contributed by atoms with Crippen molar-refractivity contribution in [1.82, 2.24) is 14.5 Å². The van der Waals surface area contributed by atoms with Crippen molar-refractivity contribution in [3.8, 4) is 0 Å². The number of hydrogen-bond donors (Lipinski definition) is 0. The molecule has 4 rings (SSSR count). The molecule has 0 atom stereocenters. The van der Waals surface area contributed by atoms with Crippen molar-refractivity contribution < 1.29 is 4.79 Å². The fraction of sp³-hybridized carbons (Fsp3) is 0.300. The molecule has 0 N–H and O–H groups in total. The number of aromatic nitrogens is 2. The Morgan fingerprint density at radius 2 is 1.80 bits per heavy atom. The van der Waals surface area contributed by atoms with Gasteiger partial charge in [0.15, 0.2) is 0 Å². The second-order valence-corrected chi connectivity index (χ2v) is 6.52. The number of carbonyl (C=O) groups excluding carboxylic acids is 1. The third-order valence-electron chi connectivity index (χ3n) is 4.93. The van der Waals surface area contributed by atoms with E-state index in [4.69, 9.17) is 0 Å². The maximum atomic E-state index is 12.8. The molecule has 2 aromatic carbocycles. The third-order valence-corrected chi connectivity index (χ3v) is 4.93. The molecule has 128 valence electrons. The van der Waals surface area contributed by atoms with Crippen molar-refractivity contribution in [3.05, 3.63) is 60.4 Å². The minimum absolute atomic E-state index is 0.204. The van der Waals surface area contributed by atoms with Crippen LogP contribution in [0.2, 0.25) is 0 Å². The van der Waals surface area contributed by atoms with Crippen molar-refractivity contribution >= 4 is 22.6 Å². The number of imidazole rings is 1. The molecule has 0 bridgehead atoms. The molecule has 1 saturated heterocycles. The topological polar surface area (TPSA) is 41.4 Å². The van der Waals surface area contributed by atoms with E-state index in [0.717, 1.165) is 37.7 Å². The van der Waals surface area contributed by atoms with E-state index in [1.807, 2.05) is 47.1 Å². The highest BCUT2D eigenvalue weighted by Crippen LogP contribution is 2.20. The second-order valence-electron chi connectivity index (χ2n) is 6.52.